The van der Waals surface area contributed by atoms with Crippen molar-refractivity contribution in [1.82, 2.24) is 0 Å². The van der Waals surface area contributed by atoms with Crippen LogP contribution in [0.5, 0.6) is 0 Å². The summed E-state index contributed by atoms with van der Waals surface area (Å²) in [5.41, 5.74) is 3.68. The number of rotatable bonds is 7. The molecular weight excluding hydrogens is 472 g/mol. The first kappa shape index (κ1) is 25.0. The van der Waals surface area contributed by atoms with Crippen LogP contribution in [0.15, 0.2) is 119 Å². The van der Waals surface area contributed by atoms with Crippen LogP contribution in [0.1, 0.15) is 35.3 Å². The Morgan fingerprint density at radius 3 is 2.20 bits per heavy atom. The lowest BCUT2D eigenvalue weighted by Gasteiger charge is -2.24. The highest BCUT2D eigenvalue weighted by Crippen LogP contribution is 2.34. The molecule has 1 atom stereocenters. The van der Waals surface area contributed by atoms with E-state index in [0.29, 0.717) is 5.56 Å². The van der Waals surface area contributed by atoms with E-state index in [4.69, 9.17) is 0 Å². The van der Waals surface area contributed by atoms with Crippen molar-refractivity contribution in [2.24, 2.45) is 0 Å². The Kier molecular flexibility index (Phi) is 7.29. The maximum Gasteiger partial charge on any atom is 0.190 e. The molecule has 0 saturated carbocycles. The Hall–Kier alpha value is -3.15. The summed E-state index contributed by atoms with van der Waals surface area (Å²) in [5, 5.41) is 0.139. The number of aryl methyl sites for hydroxylation is 1. The number of carbonyl (C=O) groups excluding carboxylic acids is 1. The van der Waals surface area contributed by atoms with E-state index in [0.717, 1.165) is 16.0 Å². The highest BCUT2D eigenvalue weighted by atomic mass is 32.2. The second kappa shape index (κ2) is 10.2. The lowest BCUT2D eigenvalue weighted by Crippen LogP contribution is -2.40. The van der Waals surface area contributed by atoms with Gasteiger partial charge in [0.25, 0.3) is 0 Å². The zero-order valence-corrected chi connectivity index (χ0v) is 21.6. The Labute approximate surface area is 212 Å². The van der Waals surface area contributed by atoms with Gasteiger partial charge >= 0.3 is 0 Å². The maximum absolute atomic E-state index is 13.3. The number of benzene rings is 3. The van der Waals surface area contributed by atoms with Gasteiger partial charge in [-0.1, -0.05) is 90.5 Å². The van der Waals surface area contributed by atoms with E-state index in [-0.39, 0.29) is 10.1 Å². The van der Waals surface area contributed by atoms with Crippen LogP contribution in [0.3, 0.4) is 0 Å². The molecule has 35 heavy (non-hydrogen) atoms. The van der Waals surface area contributed by atoms with E-state index in [1.165, 1.54) is 19.4 Å². The van der Waals surface area contributed by atoms with Crippen LogP contribution in [0.2, 0.25) is 0 Å². The molecule has 0 radical (unpaired) electrons. The Morgan fingerprint density at radius 2 is 1.54 bits per heavy atom. The number of thioether (sulfide) groups is 1. The van der Waals surface area contributed by atoms with Crippen molar-refractivity contribution in [3.05, 3.63) is 125 Å². The van der Waals surface area contributed by atoms with Crippen LogP contribution < -0.4 is 0 Å². The first-order valence-corrected chi connectivity index (χ1v) is 13.8. The maximum atomic E-state index is 13.3. The third-order valence-electron chi connectivity index (χ3n) is 6.08. The fraction of sp³-hybridized carbons (Fsp3) is 0.167. The molecule has 0 aromatic heterocycles. The van der Waals surface area contributed by atoms with Crippen LogP contribution in [0, 0.1) is 6.92 Å². The first-order valence-electron chi connectivity index (χ1n) is 11.4. The molecule has 0 N–H and O–H groups in total. The minimum absolute atomic E-state index is 0.139. The lowest BCUT2D eigenvalue weighted by atomic mass is 10.0. The molecule has 4 rings (SSSR count). The summed E-state index contributed by atoms with van der Waals surface area (Å²) in [7, 11) is -3.85. The average Bonchev–Trinajstić information content (AvgIpc) is 2.86. The molecule has 3 aromatic rings. The molecule has 0 spiro atoms. The van der Waals surface area contributed by atoms with Gasteiger partial charge in [-0.25, -0.2) is 8.42 Å². The van der Waals surface area contributed by atoms with Gasteiger partial charge < -0.3 is 0 Å². The highest BCUT2D eigenvalue weighted by Gasteiger charge is 2.43. The second-order valence-electron chi connectivity index (χ2n) is 9.02. The van der Waals surface area contributed by atoms with Gasteiger partial charge in [0.15, 0.2) is 15.6 Å². The van der Waals surface area contributed by atoms with Gasteiger partial charge in [-0.05, 0) is 56.2 Å². The molecule has 178 valence electrons. The SMILES string of the molecule is Cc1ccc(S(=O)(=O)C(C)(C)C(=O)c2ccc(SC3C=CC=CC3=Cc3ccccc3)cc2)cc1. The van der Waals surface area contributed by atoms with Crippen molar-refractivity contribution < 1.29 is 13.2 Å². The second-order valence-corrected chi connectivity index (χ2v) is 12.7. The third kappa shape index (κ3) is 5.42. The van der Waals surface area contributed by atoms with Crippen LogP contribution in [0.25, 0.3) is 6.08 Å². The zero-order valence-electron chi connectivity index (χ0n) is 20.0. The number of Topliss-reactive ketones (excluding diaryl/α,β-unsaturated/α-hetero) is 1. The highest BCUT2D eigenvalue weighted by molar-refractivity contribution is 8.00. The van der Waals surface area contributed by atoms with Crippen LogP contribution in [0.4, 0.5) is 0 Å². The first-order chi connectivity index (χ1) is 16.7. The van der Waals surface area contributed by atoms with E-state index >= 15 is 0 Å². The summed E-state index contributed by atoms with van der Waals surface area (Å²) < 4.78 is 24.9. The molecule has 0 fully saturated rings. The summed E-state index contributed by atoms with van der Waals surface area (Å²) in [5.74, 6) is -0.417. The molecule has 0 heterocycles. The molecule has 0 amide bonds. The summed E-state index contributed by atoms with van der Waals surface area (Å²) in [4.78, 5) is 14.5. The van der Waals surface area contributed by atoms with Gasteiger partial charge in [0.2, 0.25) is 0 Å². The molecule has 0 aliphatic heterocycles. The lowest BCUT2D eigenvalue weighted by molar-refractivity contribution is 0.0953. The largest absolute Gasteiger partial charge is 0.292 e. The summed E-state index contributed by atoms with van der Waals surface area (Å²) in [6, 6.07) is 24.0. The van der Waals surface area contributed by atoms with Crippen molar-refractivity contribution in [1.29, 1.82) is 0 Å². The fourth-order valence-electron chi connectivity index (χ4n) is 3.83. The van der Waals surface area contributed by atoms with Gasteiger partial charge in [0.1, 0.15) is 4.75 Å². The molecular formula is C30H28O3S2. The monoisotopic (exact) mass is 500 g/mol. The number of hydrogen-bond donors (Lipinski definition) is 0. The minimum Gasteiger partial charge on any atom is -0.292 e. The van der Waals surface area contributed by atoms with Gasteiger partial charge in [0, 0.05) is 10.5 Å². The predicted octanol–water partition coefficient (Wildman–Crippen LogP) is 7.10. The normalized spacial score (nSPS) is 17.0. The Balaban J connectivity index is 1.53. The van der Waals surface area contributed by atoms with E-state index in [1.54, 1.807) is 48.2 Å². The molecule has 3 nitrogen and oxygen atoms in total. The van der Waals surface area contributed by atoms with Crippen molar-refractivity contribution in [2.45, 2.75) is 40.6 Å². The Morgan fingerprint density at radius 1 is 0.886 bits per heavy atom. The van der Waals surface area contributed by atoms with Crippen LogP contribution in [-0.4, -0.2) is 24.2 Å². The molecule has 5 heteroatoms. The number of ketones is 1. The van der Waals surface area contributed by atoms with Crippen LogP contribution >= 0.6 is 11.8 Å². The van der Waals surface area contributed by atoms with Crippen molar-refractivity contribution in [2.75, 3.05) is 0 Å². The molecule has 0 saturated heterocycles. The molecule has 1 aliphatic rings. The quantitative estimate of drug-likeness (QED) is 0.325. The van der Waals surface area contributed by atoms with Gasteiger partial charge in [-0.2, -0.15) is 0 Å². The van der Waals surface area contributed by atoms with Gasteiger partial charge in [-0.3, -0.25) is 4.79 Å². The summed E-state index contributed by atoms with van der Waals surface area (Å²) >= 11 is 1.69. The smallest absolute Gasteiger partial charge is 0.190 e. The summed E-state index contributed by atoms with van der Waals surface area (Å²) in [6.07, 6.45) is 10.5. The topological polar surface area (TPSA) is 51.2 Å². The molecule has 3 aromatic carbocycles. The van der Waals surface area contributed by atoms with Crippen molar-refractivity contribution >= 4 is 33.5 Å². The van der Waals surface area contributed by atoms with E-state index in [1.807, 2.05) is 49.4 Å². The minimum atomic E-state index is -3.85. The Bertz CT molecular complexity index is 1390. The predicted molar refractivity (Wildman–Crippen MR) is 146 cm³/mol. The number of sulfone groups is 1. The average molecular weight is 501 g/mol. The van der Waals surface area contributed by atoms with Crippen molar-refractivity contribution in [3.63, 3.8) is 0 Å². The zero-order chi connectivity index (χ0) is 25.1. The molecule has 0 bridgehead atoms. The van der Waals surface area contributed by atoms with Gasteiger partial charge in [-0.15, -0.1) is 11.8 Å². The van der Waals surface area contributed by atoms with Gasteiger partial charge in [0.05, 0.1) is 10.1 Å². The standard InChI is InChI=1S/C30H28O3S2/c1-22-13-19-27(20-14-22)35(32,33)30(2,3)29(31)24-15-17-26(18-16-24)34-28-12-8-7-11-25(28)21-23-9-5-4-6-10-23/h4-21,28H,1-3H3. The summed E-state index contributed by atoms with van der Waals surface area (Å²) in [6.45, 7) is 4.85. The third-order valence-corrected chi connectivity index (χ3v) is 9.73. The fourth-order valence-corrected chi connectivity index (χ4v) is 6.31. The number of carbonyl (C=O) groups is 1. The van der Waals surface area contributed by atoms with E-state index < -0.39 is 20.4 Å². The van der Waals surface area contributed by atoms with E-state index in [9.17, 15) is 13.2 Å². The number of allylic oxidation sites excluding steroid dienone is 3. The molecule has 1 aliphatic carbocycles. The molecule has 1 unspecified atom stereocenters. The van der Waals surface area contributed by atoms with E-state index in [2.05, 4.69) is 30.4 Å². The van der Waals surface area contributed by atoms with Crippen LogP contribution in [-0.2, 0) is 9.84 Å². The number of hydrogen-bond acceptors (Lipinski definition) is 4. The van der Waals surface area contributed by atoms with Crippen molar-refractivity contribution in [3.8, 4) is 0 Å².